The molecular weight excluding hydrogens is 138 g/mol. The Balaban J connectivity index is 2.57. The van der Waals surface area contributed by atoms with E-state index in [2.05, 4.69) is 4.98 Å². The number of aromatic nitrogens is 1. The van der Waals surface area contributed by atoms with E-state index >= 15 is 0 Å². The molecule has 0 aliphatic heterocycles. The molecule has 1 atom stereocenters. The quantitative estimate of drug-likeness (QED) is 0.609. The standard InChI is InChI=1S/C9H11NO/c1-8(7-11)6-9-2-4-10-5-3-9/h2-5,7-8H,6H2,1H3. The third kappa shape index (κ3) is 2.50. The Kier molecular flexibility index (Phi) is 2.78. The van der Waals surface area contributed by atoms with Gasteiger partial charge in [0.15, 0.2) is 0 Å². The molecule has 1 rings (SSSR count). The predicted octanol–water partition coefficient (Wildman–Crippen LogP) is 1.46. The second kappa shape index (κ2) is 3.86. The highest BCUT2D eigenvalue weighted by atomic mass is 16.1. The number of carbonyl (C=O) groups excluding carboxylic acids is 1. The van der Waals surface area contributed by atoms with Gasteiger partial charge in [0.05, 0.1) is 0 Å². The summed E-state index contributed by atoms with van der Waals surface area (Å²) in [5, 5.41) is 0. The number of rotatable bonds is 3. The van der Waals surface area contributed by atoms with Crippen LogP contribution in [0.2, 0.25) is 0 Å². The van der Waals surface area contributed by atoms with E-state index in [-0.39, 0.29) is 5.92 Å². The summed E-state index contributed by atoms with van der Waals surface area (Å²) in [5.74, 6) is 0.109. The summed E-state index contributed by atoms with van der Waals surface area (Å²) in [6.45, 7) is 1.91. The van der Waals surface area contributed by atoms with Crippen LogP contribution in [0.3, 0.4) is 0 Å². The van der Waals surface area contributed by atoms with Crippen molar-refractivity contribution in [2.75, 3.05) is 0 Å². The van der Waals surface area contributed by atoms with Crippen molar-refractivity contribution in [2.45, 2.75) is 13.3 Å². The van der Waals surface area contributed by atoms with Gasteiger partial charge in [-0.15, -0.1) is 0 Å². The molecule has 0 aromatic carbocycles. The highest BCUT2D eigenvalue weighted by molar-refractivity contribution is 5.53. The lowest BCUT2D eigenvalue weighted by atomic mass is 10.0. The minimum Gasteiger partial charge on any atom is -0.303 e. The lowest BCUT2D eigenvalue weighted by molar-refractivity contribution is -0.110. The van der Waals surface area contributed by atoms with Gasteiger partial charge in [-0.05, 0) is 24.1 Å². The van der Waals surface area contributed by atoms with Crippen molar-refractivity contribution in [3.8, 4) is 0 Å². The Morgan fingerprint density at radius 3 is 2.73 bits per heavy atom. The van der Waals surface area contributed by atoms with Crippen LogP contribution in [0.4, 0.5) is 0 Å². The third-order valence-corrected chi connectivity index (χ3v) is 1.54. The molecule has 1 unspecified atom stereocenters. The molecule has 1 aromatic heterocycles. The lowest BCUT2D eigenvalue weighted by Gasteiger charge is -2.01. The molecule has 2 nitrogen and oxygen atoms in total. The number of aldehydes is 1. The van der Waals surface area contributed by atoms with Crippen LogP contribution in [0, 0.1) is 5.92 Å². The zero-order valence-electron chi connectivity index (χ0n) is 6.53. The monoisotopic (exact) mass is 149 g/mol. The Morgan fingerprint density at radius 1 is 1.55 bits per heavy atom. The summed E-state index contributed by atoms with van der Waals surface area (Å²) in [7, 11) is 0. The Morgan fingerprint density at radius 2 is 2.18 bits per heavy atom. The summed E-state index contributed by atoms with van der Waals surface area (Å²) < 4.78 is 0. The van der Waals surface area contributed by atoms with Crippen LogP contribution in [0.1, 0.15) is 12.5 Å². The lowest BCUT2D eigenvalue weighted by Crippen LogP contribution is -2.00. The zero-order valence-corrected chi connectivity index (χ0v) is 6.53. The Bertz CT molecular complexity index is 220. The first-order valence-corrected chi connectivity index (χ1v) is 3.67. The second-order valence-electron chi connectivity index (χ2n) is 2.67. The molecule has 0 fully saturated rings. The van der Waals surface area contributed by atoms with Crippen molar-refractivity contribution < 1.29 is 4.79 Å². The minimum absolute atomic E-state index is 0.109. The average molecular weight is 149 g/mol. The summed E-state index contributed by atoms with van der Waals surface area (Å²) in [6, 6.07) is 3.86. The first-order valence-electron chi connectivity index (χ1n) is 3.67. The molecule has 0 saturated carbocycles. The van der Waals surface area contributed by atoms with Crippen LogP contribution in [0.15, 0.2) is 24.5 Å². The van der Waals surface area contributed by atoms with Crippen LogP contribution in [-0.2, 0) is 11.2 Å². The van der Waals surface area contributed by atoms with E-state index in [4.69, 9.17) is 0 Å². The van der Waals surface area contributed by atoms with Crippen molar-refractivity contribution >= 4 is 6.29 Å². The molecule has 1 heterocycles. The van der Waals surface area contributed by atoms with Crippen LogP contribution >= 0.6 is 0 Å². The SMILES string of the molecule is CC(C=O)Cc1ccncc1. The predicted molar refractivity (Wildman–Crippen MR) is 43.2 cm³/mol. The van der Waals surface area contributed by atoms with Gasteiger partial charge in [-0.2, -0.15) is 0 Å². The number of hydrogen-bond donors (Lipinski definition) is 0. The fourth-order valence-electron chi connectivity index (χ4n) is 0.939. The van der Waals surface area contributed by atoms with E-state index in [9.17, 15) is 4.79 Å². The summed E-state index contributed by atoms with van der Waals surface area (Å²) >= 11 is 0. The maximum absolute atomic E-state index is 10.3. The number of hydrogen-bond acceptors (Lipinski definition) is 2. The highest BCUT2D eigenvalue weighted by Crippen LogP contribution is 2.03. The Hall–Kier alpha value is -1.18. The molecule has 0 aliphatic carbocycles. The fourth-order valence-corrected chi connectivity index (χ4v) is 0.939. The fraction of sp³-hybridized carbons (Fsp3) is 0.333. The average Bonchev–Trinajstić information content (AvgIpc) is 2.06. The number of nitrogens with zero attached hydrogens (tertiary/aromatic N) is 1. The van der Waals surface area contributed by atoms with Gasteiger partial charge < -0.3 is 4.79 Å². The maximum atomic E-state index is 10.3. The van der Waals surface area contributed by atoms with Crippen molar-refractivity contribution in [1.29, 1.82) is 0 Å². The number of carbonyl (C=O) groups is 1. The third-order valence-electron chi connectivity index (χ3n) is 1.54. The molecule has 58 valence electrons. The van der Waals surface area contributed by atoms with Crippen molar-refractivity contribution in [2.24, 2.45) is 5.92 Å². The maximum Gasteiger partial charge on any atom is 0.123 e. The largest absolute Gasteiger partial charge is 0.303 e. The van der Waals surface area contributed by atoms with E-state index in [0.717, 1.165) is 12.7 Å². The normalized spacial score (nSPS) is 12.5. The van der Waals surface area contributed by atoms with Gasteiger partial charge in [-0.3, -0.25) is 4.98 Å². The van der Waals surface area contributed by atoms with Gasteiger partial charge in [0.2, 0.25) is 0 Å². The summed E-state index contributed by atoms with van der Waals surface area (Å²) in [6.07, 6.45) is 5.27. The van der Waals surface area contributed by atoms with Crippen LogP contribution < -0.4 is 0 Å². The molecule has 11 heavy (non-hydrogen) atoms. The Labute approximate surface area is 66.3 Å². The first kappa shape index (κ1) is 7.92. The van der Waals surface area contributed by atoms with E-state index in [1.807, 2.05) is 19.1 Å². The number of pyridine rings is 1. The molecule has 2 heteroatoms. The molecule has 0 spiro atoms. The molecule has 0 N–H and O–H groups in total. The van der Waals surface area contributed by atoms with Crippen molar-refractivity contribution in [3.63, 3.8) is 0 Å². The summed E-state index contributed by atoms with van der Waals surface area (Å²) in [4.78, 5) is 14.2. The minimum atomic E-state index is 0.109. The molecule has 0 amide bonds. The van der Waals surface area contributed by atoms with E-state index in [0.29, 0.717) is 0 Å². The van der Waals surface area contributed by atoms with Gasteiger partial charge in [0, 0.05) is 18.3 Å². The highest BCUT2D eigenvalue weighted by Gasteiger charge is 1.99. The second-order valence-corrected chi connectivity index (χ2v) is 2.67. The van der Waals surface area contributed by atoms with E-state index in [1.54, 1.807) is 12.4 Å². The van der Waals surface area contributed by atoms with E-state index < -0.39 is 0 Å². The van der Waals surface area contributed by atoms with Gasteiger partial charge in [-0.25, -0.2) is 0 Å². The topological polar surface area (TPSA) is 30.0 Å². The van der Waals surface area contributed by atoms with Crippen LogP contribution in [-0.4, -0.2) is 11.3 Å². The van der Waals surface area contributed by atoms with Gasteiger partial charge in [-0.1, -0.05) is 6.92 Å². The van der Waals surface area contributed by atoms with Gasteiger partial charge >= 0.3 is 0 Å². The molecule has 0 saturated heterocycles. The van der Waals surface area contributed by atoms with Crippen LogP contribution in [0.5, 0.6) is 0 Å². The van der Waals surface area contributed by atoms with Gasteiger partial charge in [0.1, 0.15) is 6.29 Å². The molecule has 1 aromatic rings. The molecule has 0 bridgehead atoms. The van der Waals surface area contributed by atoms with Crippen LogP contribution in [0.25, 0.3) is 0 Å². The van der Waals surface area contributed by atoms with E-state index in [1.165, 1.54) is 5.56 Å². The first-order chi connectivity index (χ1) is 5.33. The molecule has 0 aliphatic rings. The van der Waals surface area contributed by atoms with Crippen molar-refractivity contribution in [1.82, 2.24) is 4.98 Å². The summed E-state index contributed by atoms with van der Waals surface area (Å²) in [5.41, 5.74) is 1.17. The van der Waals surface area contributed by atoms with Gasteiger partial charge in [0.25, 0.3) is 0 Å². The molecular formula is C9H11NO. The molecule has 0 radical (unpaired) electrons. The van der Waals surface area contributed by atoms with Crippen molar-refractivity contribution in [3.05, 3.63) is 30.1 Å². The zero-order chi connectivity index (χ0) is 8.10. The smallest absolute Gasteiger partial charge is 0.123 e.